The smallest absolute Gasteiger partial charge is 0.162 e. The highest BCUT2D eigenvalue weighted by Gasteiger charge is 1.98. The first-order valence-electron chi connectivity index (χ1n) is 5.74. The lowest BCUT2D eigenvalue weighted by Crippen LogP contribution is -2.10. The Morgan fingerprint density at radius 1 is 1.06 bits per heavy atom. The van der Waals surface area contributed by atoms with Gasteiger partial charge in [-0.25, -0.2) is 0 Å². The topological polar surface area (TPSA) is 52.8 Å². The van der Waals surface area contributed by atoms with Gasteiger partial charge in [0.05, 0.1) is 6.54 Å². The van der Waals surface area contributed by atoms with Crippen molar-refractivity contribution >= 4 is 10.8 Å². The van der Waals surface area contributed by atoms with Crippen molar-refractivity contribution in [3.8, 4) is 5.75 Å². The third-order valence-electron chi connectivity index (χ3n) is 2.67. The molecule has 1 aromatic heterocycles. The standard InChI is InChI=1S/C13H12N4O/c1-2-4-12-9-13(6-5-11(12)3-1)18-8-7-17-15-10-14-16-17/h1-6,9-10H,7-8H2. The Balaban J connectivity index is 1.67. The number of hydrogen-bond donors (Lipinski definition) is 0. The number of hydrogen-bond acceptors (Lipinski definition) is 4. The van der Waals surface area contributed by atoms with Crippen LogP contribution < -0.4 is 4.74 Å². The Kier molecular flexibility index (Phi) is 2.87. The van der Waals surface area contributed by atoms with Gasteiger partial charge in [-0.2, -0.15) is 4.80 Å². The zero-order chi connectivity index (χ0) is 12.2. The second-order valence-electron chi connectivity index (χ2n) is 3.89. The van der Waals surface area contributed by atoms with E-state index in [4.69, 9.17) is 4.74 Å². The van der Waals surface area contributed by atoms with Gasteiger partial charge < -0.3 is 4.74 Å². The Morgan fingerprint density at radius 3 is 2.78 bits per heavy atom. The first-order valence-corrected chi connectivity index (χ1v) is 5.74. The van der Waals surface area contributed by atoms with Gasteiger partial charge in [0.15, 0.2) is 6.33 Å². The number of ether oxygens (including phenoxy) is 1. The monoisotopic (exact) mass is 240 g/mol. The van der Waals surface area contributed by atoms with Crippen LogP contribution in [0.5, 0.6) is 5.75 Å². The fourth-order valence-corrected chi connectivity index (χ4v) is 1.79. The quantitative estimate of drug-likeness (QED) is 0.699. The summed E-state index contributed by atoms with van der Waals surface area (Å²) in [5, 5.41) is 13.7. The molecule has 0 spiro atoms. The van der Waals surface area contributed by atoms with Crippen molar-refractivity contribution in [2.45, 2.75) is 6.54 Å². The highest BCUT2D eigenvalue weighted by atomic mass is 16.5. The van der Waals surface area contributed by atoms with Gasteiger partial charge in [0.1, 0.15) is 12.4 Å². The molecule has 0 aliphatic heterocycles. The highest BCUT2D eigenvalue weighted by molar-refractivity contribution is 5.83. The molecule has 18 heavy (non-hydrogen) atoms. The van der Waals surface area contributed by atoms with Crippen LogP contribution in [-0.2, 0) is 6.54 Å². The lowest BCUT2D eigenvalue weighted by molar-refractivity contribution is 0.280. The minimum atomic E-state index is 0.523. The van der Waals surface area contributed by atoms with Crippen LogP contribution in [0.1, 0.15) is 0 Å². The van der Waals surface area contributed by atoms with Crippen molar-refractivity contribution in [2.75, 3.05) is 6.61 Å². The van der Waals surface area contributed by atoms with Crippen LogP contribution in [0, 0.1) is 0 Å². The van der Waals surface area contributed by atoms with Gasteiger partial charge in [0.25, 0.3) is 0 Å². The number of tetrazole rings is 1. The van der Waals surface area contributed by atoms with E-state index in [9.17, 15) is 0 Å². The molecule has 0 bridgehead atoms. The first kappa shape index (κ1) is 10.7. The summed E-state index contributed by atoms with van der Waals surface area (Å²) in [6.45, 7) is 1.11. The van der Waals surface area contributed by atoms with Crippen LogP contribution in [0.2, 0.25) is 0 Å². The predicted molar refractivity (Wildman–Crippen MR) is 67.3 cm³/mol. The molecule has 5 nitrogen and oxygen atoms in total. The van der Waals surface area contributed by atoms with Crippen LogP contribution in [0.15, 0.2) is 48.8 Å². The van der Waals surface area contributed by atoms with E-state index in [-0.39, 0.29) is 0 Å². The molecule has 2 aromatic carbocycles. The Morgan fingerprint density at radius 2 is 1.94 bits per heavy atom. The summed E-state index contributed by atoms with van der Waals surface area (Å²) in [6.07, 6.45) is 1.41. The lowest BCUT2D eigenvalue weighted by Gasteiger charge is -2.06. The predicted octanol–water partition coefficient (Wildman–Crippen LogP) is 1.91. The summed E-state index contributed by atoms with van der Waals surface area (Å²) >= 11 is 0. The van der Waals surface area contributed by atoms with Gasteiger partial charge in [-0.15, -0.1) is 10.2 Å². The summed E-state index contributed by atoms with van der Waals surface area (Å²) < 4.78 is 5.66. The molecule has 0 radical (unpaired) electrons. The van der Waals surface area contributed by atoms with E-state index in [2.05, 4.69) is 33.6 Å². The lowest BCUT2D eigenvalue weighted by atomic mass is 10.1. The molecule has 1 heterocycles. The summed E-state index contributed by atoms with van der Waals surface area (Å²) in [4.78, 5) is 1.50. The third kappa shape index (κ3) is 2.29. The van der Waals surface area contributed by atoms with Crippen molar-refractivity contribution in [1.29, 1.82) is 0 Å². The number of aromatic nitrogens is 4. The molecule has 0 unspecified atom stereocenters. The number of fused-ring (bicyclic) bond motifs is 1. The molecule has 0 fully saturated rings. The van der Waals surface area contributed by atoms with E-state index in [1.165, 1.54) is 21.9 Å². The van der Waals surface area contributed by atoms with Gasteiger partial charge >= 0.3 is 0 Å². The molecular formula is C13H12N4O. The maximum Gasteiger partial charge on any atom is 0.162 e. The van der Waals surface area contributed by atoms with Crippen molar-refractivity contribution < 1.29 is 4.74 Å². The number of rotatable bonds is 4. The zero-order valence-corrected chi connectivity index (χ0v) is 9.73. The first-order chi connectivity index (χ1) is 8.92. The molecule has 0 amide bonds. The average molecular weight is 240 g/mol. The summed E-state index contributed by atoms with van der Waals surface area (Å²) in [5.41, 5.74) is 0. The SMILES string of the molecule is c1ccc2cc(OCCn3ncnn3)ccc2c1. The van der Waals surface area contributed by atoms with Gasteiger partial charge in [-0.3, -0.25) is 0 Å². The molecule has 0 N–H and O–H groups in total. The van der Waals surface area contributed by atoms with Crippen LogP contribution in [-0.4, -0.2) is 26.8 Å². The molecule has 5 heteroatoms. The van der Waals surface area contributed by atoms with Crippen molar-refractivity contribution in [2.24, 2.45) is 0 Å². The molecule has 0 saturated carbocycles. The van der Waals surface area contributed by atoms with Crippen LogP contribution in [0.4, 0.5) is 0 Å². The van der Waals surface area contributed by atoms with Gasteiger partial charge in [0.2, 0.25) is 0 Å². The van der Waals surface area contributed by atoms with E-state index in [1.54, 1.807) is 0 Å². The molecular weight excluding hydrogens is 228 g/mol. The Labute approximate surface area is 104 Å². The van der Waals surface area contributed by atoms with E-state index in [0.29, 0.717) is 13.2 Å². The summed E-state index contributed by atoms with van der Waals surface area (Å²) in [6, 6.07) is 14.3. The van der Waals surface area contributed by atoms with Crippen LogP contribution >= 0.6 is 0 Å². The molecule has 90 valence electrons. The summed E-state index contributed by atoms with van der Waals surface area (Å²) in [7, 11) is 0. The fourth-order valence-electron chi connectivity index (χ4n) is 1.79. The second-order valence-corrected chi connectivity index (χ2v) is 3.89. The fraction of sp³-hybridized carbons (Fsp3) is 0.154. The van der Waals surface area contributed by atoms with Crippen molar-refractivity contribution in [3.05, 3.63) is 48.8 Å². The Hall–Kier alpha value is -2.43. The normalized spacial score (nSPS) is 10.7. The average Bonchev–Trinajstić information content (AvgIpc) is 2.92. The van der Waals surface area contributed by atoms with Crippen molar-refractivity contribution in [1.82, 2.24) is 20.2 Å². The second kappa shape index (κ2) is 4.83. The molecule has 0 saturated heterocycles. The third-order valence-corrected chi connectivity index (χ3v) is 2.67. The number of benzene rings is 2. The Bertz CT molecular complexity index is 636. The van der Waals surface area contributed by atoms with Gasteiger partial charge in [-0.1, -0.05) is 30.3 Å². The zero-order valence-electron chi connectivity index (χ0n) is 9.73. The maximum atomic E-state index is 5.66. The van der Waals surface area contributed by atoms with Gasteiger partial charge in [-0.05, 0) is 28.1 Å². The highest BCUT2D eigenvalue weighted by Crippen LogP contribution is 2.20. The minimum absolute atomic E-state index is 0.523. The maximum absolute atomic E-state index is 5.66. The number of nitrogens with zero attached hydrogens (tertiary/aromatic N) is 4. The van der Waals surface area contributed by atoms with E-state index < -0.39 is 0 Å². The van der Waals surface area contributed by atoms with E-state index >= 15 is 0 Å². The summed E-state index contributed by atoms with van der Waals surface area (Å²) in [5.74, 6) is 0.855. The minimum Gasteiger partial charge on any atom is -0.492 e. The molecule has 3 aromatic rings. The molecule has 0 atom stereocenters. The van der Waals surface area contributed by atoms with E-state index in [1.807, 2.05) is 24.3 Å². The van der Waals surface area contributed by atoms with Crippen LogP contribution in [0.3, 0.4) is 0 Å². The molecule has 0 aliphatic rings. The van der Waals surface area contributed by atoms with E-state index in [0.717, 1.165) is 5.75 Å². The van der Waals surface area contributed by atoms with Crippen LogP contribution in [0.25, 0.3) is 10.8 Å². The molecule has 3 rings (SSSR count). The van der Waals surface area contributed by atoms with Crippen molar-refractivity contribution in [3.63, 3.8) is 0 Å². The molecule has 0 aliphatic carbocycles. The largest absolute Gasteiger partial charge is 0.492 e. The van der Waals surface area contributed by atoms with Gasteiger partial charge in [0, 0.05) is 0 Å².